The molecule has 2 aliphatic heterocycles. The average molecular weight is 875 g/mol. The standard InChI is InChI=1S/C47H60F2N4O6SSi/c1-28(2)61(29(3)4,30(5)6)20-17-32-13-12-14-33-21-31(7)22-36(39(32)33)40-38(48)23-37-42(41(40)49)50-44(57-26-47(18-19-47)27-58-60(11,55)56)51-43(37)52-24-34-15-16-35(25-52)53(34)45(54)59-46(8,9)10/h12-14,21-23,28-30,34-35H,15-16,18-19,24-27H2,1-11H3. The zero-order valence-corrected chi connectivity index (χ0v) is 39.2. The molecule has 1 aliphatic carbocycles. The first-order chi connectivity index (χ1) is 28.5. The van der Waals surface area contributed by atoms with Gasteiger partial charge in [-0.05, 0) is 98.6 Å². The van der Waals surface area contributed by atoms with Crippen molar-refractivity contribution in [2.24, 2.45) is 5.41 Å². The van der Waals surface area contributed by atoms with E-state index in [-0.39, 0.29) is 53.9 Å². The van der Waals surface area contributed by atoms with Crippen LogP contribution in [0.25, 0.3) is 32.8 Å². The summed E-state index contributed by atoms with van der Waals surface area (Å²) in [4.78, 5) is 26.5. The second-order valence-corrected chi connectivity index (χ2v) is 26.8. The summed E-state index contributed by atoms with van der Waals surface area (Å²) in [7, 11) is -5.85. The Bertz CT molecular complexity index is 2510. The molecule has 3 aromatic carbocycles. The van der Waals surface area contributed by atoms with Gasteiger partial charge in [-0.2, -0.15) is 18.4 Å². The maximum Gasteiger partial charge on any atom is 0.410 e. The number of carbonyl (C=O) groups excluding carboxylic acids is 1. The molecule has 1 saturated carbocycles. The lowest BCUT2D eigenvalue weighted by atomic mass is 9.91. The Balaban J connectivity index is 1.37. The molecule has 3 aliphatic rings. The van der Waals surface area contributed by atoms with Crippen molar-refractivity contribution in [3.8, 4) is 28.6 Å². The Morgan fingerprint density at radius 3 is 2.18 bits per heavy atom. The number of aryl methyl sites for hydroxylation is 1. The van der Waals surface area contributed by atoms with E-state index in [1.165, 1.54) is 6.07 Å². The third kappa shape index (κ3) is 8.98. The minimum absolute atomic E-state index is 0.0410. The van der Waals surface area contributed by atoms with Gasteiger partial charge in [0.05, 0.1) is 37.1 Å². The monoisotopic (exact) mass is 874 g/mol. The van der Waals surface area contributed by atoms with Crippen LogP contribution in [0, 0.1) is 35.4 Å². The largest absolute Gasteiger partial charge is 0.463 e. The molecule has 0 spiro atoms. The number of hydrogen-bond acceptors (Lipinski definition) is 9. The molecular formula is C47H60F2N4O6SSi. The summed E-state index contributed by atoms with van der Waals surface area (Å²) in [5.74, 6) is 2.23. The number of anilines is 1. The maximum absolute atomic E-state index is 17.7. The first-order valence-corrected chi connectivity index (χ1v) is 25.6. The molecule has 61 heavy (non-hydrogen) atoms. The van der Waals surface area contributed by atoms with Crippen molar-refractivity contribution in [3.63, 3.8) is 0 Å². The number of aromatic nitrogens is 2. The molecule has 10 nitrogen and oxygen atoms in total. The van der Waals surface area contributed by atoms with Gasteiger partial charge in [0.25, 0.3) is 10.1 Å². The quantitative estimate of drug-likeness (QED) is 0.0826. The van der Waals surface area contributed by atoms with E-state index in [0.717, 1.165) is 30.0 Å². The van der Waals surface area contributed by atoms with E-state index < -0.39 is 40.8 Å². The van der Waals surface area contributed by atoms with Crippen molar-refractivity contribution in [3.05, 3.63) is 59.2 Å². The number of benzene rings is 3. The van der Waals surface area contributed by atoms with Crippen LogP contribution in [0.2, 0.25) is 16.6 Å². The van der Waals surface area contributed by atoms with Crippen LogP contribution in [-0.4, -0.2) is 87.7 Å². The summed E-state index contributed by atoms with van der Waals surface area (Å²) in [5.41, 5.74) is 5.36. The van der Waals surface area contributed by atoms with Gasteiger partial charge in [0.1, 0.15) is 30.8 Å². The second kappa shape index (κ2) is 16.4. The highest BCUT2D eigenvalue weighted by atomic mass is 32.2. The van der Waals surface area contributed by atoms with Crippen molar-refractivity contribution < 1.29 is 35.6 Å². The van der Waals surface area contributed by atoms with Gasteiger partial charge in [-0.1, -0.05) is 71.7 Å². The number of ether oxygens (including phenoxy) is 2. The Hall–Kier alpha value is -4.32. The molecule has 2 bridgehead atoms. The van der Waals surface area contributed by atoms with Crippen LogP contribution in [0.5, 0.6) is 6.01 Å². The molecule has 4 aromatic rings. The van der Waals surface area contributed by atoms with E-state index in [1.54, 1.807) is 4.90 Å². The summed E-state index contributed by atoms with van der Waals surface area (Å²) in [6.07, 6.45) is 3.44. The van der Waals surface area contributed by atoms with Crippen molar-refractivity contribution in [2.75, 3.05) is 37.5 Å². The summed E-state index contributed by atoms with van der Waals surface area (Å²) in [5, 5.41) is 1.67. The second-order valence-electron chi connectivity index (χ2n) is 19.6. The topological polar surface area (TPSA) is 111 Å². The maximum atomic E-state index is 17.7. The third-order valence-corrected chi connectivity index (χ3v) is 19.8. The van der Waals surface area contributed by atoms with E-state index >= 15 is 8.78 Å². The number of carbonyl (C=O) groups is 1. The highest BCUT2D eigenvalue weighted by Crippen LogP contribution is 2.47. The summed E-state index contributed by atoms with van der Waals surface area (Å²) in [6, 6.07) is 10.4. The first kappa shape index (κ1) is 44.7. The van der Waals surface area contributed by atoms with Crippen LogP contribution < -0.4 is 9.64 Å². The number of rotatable bonds is 11. The number of halogens is 2. The minimum Gasteiger partial charge on any atom is -0.463 e. The van der Waals surface area contributed by atoms with Crippen molar-refractivity contribution in [1.29, 1.82) is 0 Å². The van der Waals surface area contributed by atoms with Crippen molar-refractivity contribution in [1.82, 2.24) is 14.9 Å². The third-order valence-electron chi connectivity index (χ3n) is 12.9. The lowest BCUT2D eigenvalue weighted by Gasteiger charge is -2.42. The fraction of sp³-hybridized carbons (Fsp3) is 0.553. The highest BCUT2D eigenvalue weighted by Gasteiger charge is 2.47. The molecule has 2 unspecified atom stereocenters. The minimum atomic E-state index is -3.68. The van der Waals surface area contributed by atoms with Gasteiger partial charge < -0.3 is 14.4 Å². The first-order valence-electron chi connectivity index (χ1n) is 21.5. The molecule has 1 amide bonds. The van der Waals surface area contributed by atoms with Gasteiger partial charge in [0.2, 0.25) is 0 Å². The van der Waals surface area contributed by atoms with Gasteiger partial charge in [0.15, 0.2) is 5.82 Å². The van der Waals surface area contributed by atoms with Crippen molar-refractivity contribution in [2.45, 2.75) is 129 Å². The Kier molecular flexibility index (Phi) is 12.0. The molecule has 14 heteroatoms. The Labute approximate surface area is 360 Å². The number of amides is 1. The fourth-order valence-corrected chi connectivity index (χ4v) is 15.5. The average Bonchev–Trinajstić information content (AvgIpc) is 3.88. The lowest BCUT2D eigenvalue weighted by Crippen LogP contribution is -2.57. The van der Waals surface area contributed by atoms with Crippen LogP contribution in [0.1, 0.15) is 99.1 Å². The summed E-state index contributed by atoms with van der Waals surface area (Å²) >= 11 is 0. The molecule has 328 valence electrons. The zero-order chi connectivity index (χ0) is 44.4. The van der Waals surface area contributed by atoms with Crippen LogP contribution in [0.15, 0.2) is 36.4 Å². The number of piperazine rings is 1. The molecule has 2 saturated heterocycles. The number of fused-ring (bicyclic) bond motifs is 4. The predicted octanol–water partition coefficient (Wildman–Crippen LogP) is 10.3. The fourth-order valence-electron chi connectivity index (χ4n) is 9.85. The molecular weight excluding hydrogens is 815 g/mol. The van der Waals surface area contributed by atoms with Crippen LogP contribution in [0.4, 0.5) is 19.4 Å². The predicted molar refractivity (Wildman–Crippen MR) is 240 cm³/mol. The van der Waals surface area contributed by atoms with E-state index in [2.05, 4.69) is 58.0 Å². The van der Waals surface area contributed by atoms with Crippen LogP contribution in [-0.2, 0) is 19.0 Å². The normalized spacial score (nSPS) is 19.0. The van der Waals surface area contributed by atoms with Gasteiger partial charge in [-0.15, -0.1) is 5.54 Å². The molecule has 3 heterocycles. The van der Waals surface area contributed by atoms with Gasteiger partial charge >= 0.3 is 12.1 Å². The summed E-state index contributed by atoms with van der Waals surface area (Å²) < 4.78 is 75.5. The molecule has 1 aromatic heterocycles. The molecule has 3 fully saturated rings. The number of nitrogens with zero attached hydrogens (tertiary/aromatic N) is 4. The molecule has 0 radical (unpaired) electrons. The van der Waals surface area contributed by atoms with Gasteiger partial charge in [-0.3, -0.25) is 9.08 Å². The van der Waals surface area contributed by atoms with E-state index in [1.807, 2.05) is 62.9 Å². The molecule has 7 rings (SSSR count). The van der Waals surface area contributed by atoms with Crippen molar-refractivity contribution >= 4 is 51.8 Å². The molecule has 2 atom stereocenters. The SMILES string of the molecule is Cc1cc(-c2c(F)cc3c(N4CC5CCC(C4)N5C(=O)OC(C)(C)C)nc(OCC4(COS(C)(=O)=O)CC4)nc3c2F)c2c(C#C[Si](C(C)C)(C(C)C)C(C)C)cccc2c1. The lowest BCUT2D eigenvalue weighted by molar-refractivity contribution is 0.0122. The van der Waals surface area contributed by atoms with E-state index in [0.29, 0.717) is 64.9 Å². The Morgan fingerprint density at radius 1 is 0.967 bits per heavy atom. The summed E-state index contributed by atoms with van der Waals surface area (Å²) in [6.45, 7) is 21.6. The van der Waals surface area contributed by atoms with Crippen LogP contribution in [0.3, 0.4) is 0 Å². The Morgan fingerprint density at radius 2 is 1.61 bits per heavy atom. The highest BCUT2D eigenvalue weighted by molar-refractivity contribution is 7.86. The van der Waals surface area contributed by atoms with Crippen LogP contribution >= 0.6 is 0 Å². The number of hydrogen-bond donors (Lipinski definition) is 0. The zero-order valence-electron chi connectivity index (χ0n) is 37.4. The van der Waals surface area contributed by atoms with Gasteiger partial charge in [-0.25, -0.2) is 13.6 Å². The van der Waals surface area contributed by atoms with E-state index in [9.17, 15) is 13.2 Å². The smallest absolute Gasteiger partial charge is 0.410 e. The van der Waals surface area contributed by atoms with Gasteiger partial charge in [0, 0.05) is 34.8 Å². The molecule has 0 N–H and O–H groups in total. The van der Waals surface area contributed by atoms with E-state index in [4.69, 9.17) is 18.6 Å².